The van der Waals surface area contributed by atoms with Crippen molar-refractivity contribution in [3.63, 3.8) is 0 Å². The van der Waals surface area contributed by atoms with Crippen LogP contribution in [0.4, 0.5) is 10.5 Å². The monoisotopic (exact) mass is 742 g/mol. The van der Waals surface area contributed by atoms with Gasteiger partial charge in [-0.15, -0.1) is 0 Å². The van der Waals surface area contributed by atoms with Gasteiger partial charge in [0.2, 0.25) is 5.60 Å². The summed E-state index contributed by atoms with van der Waals surface area (Å²) in [6, 6.07) is 18.5. The van der Waals surface area contributed by atoms with E-state index in [0.717, 1.165) is 5.56 Å². The Morgan fingerprint density at radius 3 is 2.56 bits per heavy atom. The Bertz CT molecular complexity index is 2690. The molecule has 9 rings (SSSR count). The number of fused-ring (bicyclic) bond motifs is 8. The Labute approximate surface area is 311 Å². The number of cyclic esters (lactones) is 1. The molecular weight excluding hydrogens is 712 g/mol. The van der Waals surface area contributed by atoms with Gasteiger partial charge < -0.3 is 28.4 Å². The van der Waals surface area contributed by atoms with Gasteiger partial charge in [0.15, 0.2) is 0 Å². The maximum absolute atomic E-state index is 14.3. The zero-order valence-electron chi connectivity index (χ0n) is 29.8. The Morgan fingerprint density at radius 1 is 1.04 bits per heavy atom. The molecule has 5 heterocycles. The van der Waals surface area contributed by atoms with Gasteiger partial charge in [-0.1, -0.05) is 36.3 Å². The lowest BCUT2D eigenvalue weighted by molar-refractivity contribution is -0.386. The molecule has 0 saturated carbocycles. The number of nitro benzene ring substituents is 1. The predicted octanol–water partition coefficient (Wildman–Crippen LogP) is 6.36. The smallest absolute Gasteiger partial charge is 0.457 e. The molecule has 2 atom stereocenters. The highest BCUT2D eigenvalue weighted by molar-refractivity contribution is 6.26. The topological polar surface area (TPSA) is 188 Å². The van der Waals surface area contributed by atoms with Crippen molar-refractivity contribution in [2.24, 2.45) is 5.16 Å². The van der Waals surface area contributed by atoms with Crippen LogP contribution in [-0.4, -0.2) is 43.9 Å². The normalized spacial score (nSPS) is 18.4. The Morgan fingerprint density at radius 2 is 1.82 bits per heavy atom. The molecule has 2 aromatic heterocycles. The summed E-state index contributed by atoms with van der Waals surface area (Å²) in [6.07, 6.45) is -2.72. The summed E-state index contributed by atoms with van der Waals surface area (Å²) in [6.45, 7) is 6.56. The van der Waals surface area contributed by atoms with Crippen LogP contribution in [0.5, 0.6) is 5.75 Å². The van der Waals surface area contributed by atoms with Crippen molar-refractivity contribution in [2.45, 2.75) is 64.6 Å². The summed E-state index contributed by atoms with van der Waals surface area (Å²) < 4.78 is 23.7. The minimum absolute atomic E-state index is 0.0527. The minimum atomic E-state index is -2.12. The first-order valence-corrected chi connectivity index (χ1v) is 17.5. The molecule has 276 valence electrons. The third kappa shape index (κ3) is 5.10. The fourth-order valence-electron chi connectivity index (χ4n) is 7.76. The molecule has 5 aromatic rings. The molecule has 1 aliphatic carbocycles. The third-order valence-corrected chi connectivity index (χ3v) is 10.2. The molecule has 55 heavy (non-hydrogen) atoms. The zero-order chi connectivity index (χ0) is 38.6. The maximum Gasteiger partial charge on any atom is 0.514 e. The fraction of sp³-hybridized carbons (Fsp3) is 0.250. The van der Waals surface area contributed by atoms with Crippen LogP contribution in [0.2, 0.25) is 0 Å². The molecule has 0 amide bonds. The number of carbonyl (C=O) groups excluding carboxylic acids is 3. The summed E-state index contributed by atoms with van der Waals surface area (Å²) in [7, 11) is 0. The number of hydrogen-bond acceptors (Lipinski definition) is 13. The van der Waals surface area contributed by atoms with E-state index in [-0.39, 0.29) is 47.7 Å². The number of nitro groups is 1. The highest BCUT2D eigenvalue weighted by Crippen LogP contribution is 2.49. The lowest BCUT2D eigenvalue weighted by Gasteiger charge is -2.36. The number of oxime groups is 1. The average molecular weight is 743 g/mol. The molecule has 0 N–H and O–H groups in total. The molecule has 3 aliphatic heterocycles. The van der Waals surface area contributed by atoms with Crippen LogP contribution in [0, 0.1) is 10.1 Å². The number of carbonyl (C=O) groups is 3. The second-order valence-electron chi connectivity index (χ2n) is 14.6. The molecule has 4 aliphatic rings. The molecule has 0 saturated heterocycles. The average Bonchev–Trinajstić information content (AvgIpc) is 3.67. The second kappa shape index (κ2) is 11.8. The number of rotatable bonds is 5. The van der Waals surface area contributed by atoms with Crippen LogP contribution in [0.1, 0.15) is 73.6 Å². The van der Waals surface area contributed by atoms with Gasteiger partial charge in [-0.3, -0.25) is 14.9 Å². The first kappa shape index (κ1) is 33.9. The van der Waals surface area contributed by atoms with Crippen LogP contribution in [0.25, 0.3) is 33.4 Å². The van der Waals surface area contributed by atoms with E-state index in [0.29, 0.717) is 50.3 Å². The van der Waals surface area contributed by atoms with Gasteiger partial charge in [0.05, 0.1) is 39.5 Å². The van der Waals surface area contributed by atoms with Crippen molar-refractivity contribution in [1.29, 1.82) is 0 Å². The number of ether oxygens (including phenoxy) is 4. The Kier molecular flexibility index (Phi) is 7.27. The lowest BCUT2D eigenvalue weighted by atomic mass is 9.85. The third-order valence-electron chi connectivity index (χ3n) is 10.2. The summed E-state index contributed by atoms with van der Waals surface area (Å²) in [5.74, 6) is -1.80. The van der Waals surface area contributed by atoms with Crippen molar-refractivity contribution in [3.8, 4) is 28.3 Å². The number of benzene rings is 3. The van der Waals surface area contributed by atoms with Crippen molar-refractivity contribution in [2.75, 3.05) is 0 Å². The van der Waals surface area contributed by atoms with Crippen molar-refractivity contribution in [1.82, 2.24) is 9.55 Å². The summed E-state index contributed by atoms with van der Waals surface area (Å²) in [4.78, 5) is 76.7. The molecule has 3 aromatic carbocycles. The molecule has 0 fully saturated rings. The van der Waals surface area contributed by atoms with Crippen LogP contribution in [0.15, 0.2) is 76.7 Å². The van der Waals surface area contributed by atoms with Gasteiger partial charge >= 0.3 is 18.1 Å². The molecule has 0 radical (unpaired) electrons. The largest absolute Gasteiger partial charge is 0.514 e. The molecular formula is C40H30N4O11. The SMILES string of the molecule is CC[C@@]1(OC(=O)C2ON=C3c4ccccc4-c4ccc([N+](=O)[O-])c2c43)C(=O)OCc2c1cc1n(c2=O)Cc2cc3cc(OC(=O)OC(C)(C)C)ccc3nc2-1. The van der Waals surface area contributed by atoms with Gasteiger partial charge in [-0.2, -0.15) is 0 Å². The van der Waals surface area contributed by atoms with Crippen LogP contribution >= 0.6 is 0 Å². The van der Waals surface area contributed by atoms with Gasteiger partial charge in [0, 0.05) is 33.7 Å². The molecule has 0 bridgehead atoms. The predicted molar refractivity (Wildman–Crippen MR) is 193 cm³/mol. The number of aromatic nitrogens is 2. The van der Waals surface area contributed by atoms with E-state index in [9.17, 15) is 29.3 Å². The van der Waals surface area contributed by atoms with E-state index in [1.54, 1.807) is 70.2 Å². The van der Waals surface area contributed by atoms with Crippen LogP contribution in [0.3, 0.4) is 0 Å². The second-order valence-corrected chi connectivity index (χ2v) is 14.6. The molecule has 1 unspecified atom stereocenters. The Hall–Kier alpha value is -6.90. The number of pyridine rings is 2. The van der Waals surface area contributed by atoms with Crippen molar-refractivity contribution < 1.29 is 43.1 Å². The van der Waals surface area contributed by atoms with Crippen LogP contribution < -0.4 is 10.3 Å². The van der Waals surface area contributed by atoms with E-state index < -0.39 is 45.9 Å². The maximum atomic E-state index is 14.3. The Balaban J connectivity index is 1.10. The quantitative estimate of drug-likeness (QED) is 0.0625. The van der Waals surface area contributed by atoms with Gasteiger partial charge in [-0.25, -0.2) is 19.4 Å². The first-order chi connectivity index (χ1) is 26.3. The molecule has 0 spiro atoms. The summed E-state index contributed by atoms with van der Waals surface area (Å²) in [5, 5.41) is 17.2. The standard InChI is InChI=1S/C40H30N4O11/c1-5-40(53-36(46)34-31-28(44(49)50)13-11-23-22-8-6-7-9-24(22)33(30(23)31)42-55-34)26-16-29-32-20(17-43(29)35(45)25(26)18-51-37(40)47)14-19-15-21(10-12-27(19)41-32)52-38(48)54-39(2,3)4/h6-16,34H,5,17-18H2,1-4H3/t34?,40-/m0/s1. The lowest BCUT2D eigenvalue weighted by Crippen LogP contribution is -2.48. The first-order valence-electron chi connectivity index (χ1n) is 17.5. The summed E-state index contributed by atoms with van der Waals surface area (Å²) >= 11 is 0. The van der Waals surface area contributed by atoms with Gasteiger partial charge in [0.1, 0.15) is 23.7 Å². The summed E-state index contributed by atoms with van der Waals surface area (Å²) in [5.41, 5.74) is 1.34. The molecule has 15 heteroatoms. The van der Waals surface area contributed by atoms with Crippen LogP contribution in [-0.2, 0) is 47.4 Å². The fourth-order valence-corrected chi connectivity index (χ4v) is 7.76. The van der Waals surface area contributed by atoms with Gasteiger partial charge in [0.25, 0.3) is 17.4 Å². The minimum Gasteiger partial charge on any atom is -0.457 e. The van der Waals surface area contributed by atoms with Crippen molar-refractivity contribution >= 4 is 40.4 Å². The van der Waals surface area contributed by atoms with E-state index in [1.165, 1.54) is 10.6 Å². The van der Waals surface area contributed by atoms with E-state index in [2.05, 4.69) is 5.16 Å². The number of esters is 2. The highest BCUT2D eigenvalue weighted by Gasteiger charge is 2.53. The zero-order valence-corrected chi connectivity index (χ0v) is 29.8. The number of nitrogens with zero attached hydrogens (tertiary/aromatic N) is 4. The highest BCUT2D eigenvalue weighted by atomic mass is 16.7. The van der Waals surface area contributed by atoms with Gasteiger partial charge in [-0.05, 0) is 74.7 Å². The molecule has 15 nitrogen and oxygen atoms in total. The number of hydrogen-bond donors (Lipinski definition) is 0. The van der Waals surface area contributed by atoms with E-state index in [1.807, 2.05) is 18.2 Å². The van der Waals surface area contributed by atoms with E-state index >= 15 is 0 Å². The van der Waals surface area contributed by atoms with Crippen molar-refractivity contribution in [3.05, 3.63) is 121 Å². The van der Waals surface area contributed by atoms with E-state index in [4.69, 9.17) is 28.8 Å².